The first-order valence-electron chi connectivity index (χ1n) is 5.30. The molecule has 0 aliphatic heterocycles. The van der Waals surface area contributed by atoms with Gasteiger partial charge in [0.1, 0.15) is 10.8 Å². The van der Waals surface area contributed by atoms with Crippen LogP contribution in [0.25, 0.3) is 11.3 Å². The van der Waals surface area contributed by atoms with Crippen LogP contribution in [0.3, 0.4) is 0 Å². The minimum atomic E-state index is -0.352. The van der Waals surface area contributed by atoms with E-state index in [9.17, 15) is 4.39 Å². The van der Waals surface area contributed by atoms with Crippen molar-refractivity contribution in [3.05, 3.63) is 34.7 Å². The van der Waals surface area contributed by atoms with Gasteiger partial charge in [0.25, 0.3) is 0 Å². The molecule has 2 aromatic rings. The molecule has 2 rings (SSSR count). The molecule has 0 aromatic carbocycles. The molecule has 0 spiro atoms. The van der Waals surface area contributed by atoms with Gasteiger partial charge in [-0.15, -0.1) is 11.3 Å². The van der Waals surface area contributed by atoms with Gasteiger partial charge >= 0.3 is 0 Å². The number of pyridine rings is 1. The van der Waals surface area contributed by atoms with E-state index < -0.39 is 0 Å². The molecular formula is C12H14FN3S. The fourth-order valence-electron chi connectivity index (χ4n) is 1.36. The normalized spacial score (nSPS) is 11.8. The number of halogens is 1. The van der Waals surface area contributed by atoms with E-state index in [1.165, 1.54) is 12.3 Å². The Labute approximate surface area is 104 Å². The summed E-state index contributed by atoms with van der Waals surface area (Å²) < 4.78 is 13.1. The van der Waals surface area contributed by atoms with Crippen LogP contribution in [0.1, 0.15) is 18.9 Å². The molecule has 2 N–H and O–H groups in total. The molecule has 90 valence electrons. The molecule has 3 nitrogen and oxygen atoms in total. The molecule has 0 fully saturated rings. The van der Waals surface area contributed by atoms with Gasteiger partial charge in [0, 0.05) is 29.1 Å². The summed E-state index contributed by atoms with van der Waals surface area (Å²) in [6.07, 6.45) is 2.79. The zero-order valence-electron chi connectivity index (χ0n) is 9.77. The highest BCUT2D eigenvalue weighted by molar-refractivity contribution is 7.10. The lowest BCUT2D eigenvalue weighted by Gasteiger charge is -2.18. The van der Waals surface area contributed by atoms with Crippen molar-refractivity contribution in [3.63, 3.8) is 0 Å². The van der Waals surface area contributed by atoms with Crippen LogP contribution in [0.4, 0.5) is 4.39 Å². The van der Waals surface area contributed by atoms with Gasteiger partial charge in [-0.1, -0.05) is 13.8 Å². The Kier molecular flexibility index (Phi) is 3.22. The van der Waals surface area contributed by atoms with Crippen molar-refractivity contribution < 1.29 is 4.39 Å². The van der Waals surface area contributed by atoms with Crippen LogP contribution in [0.5, 0.6) is 0 Å². The first-order valence-corrected chi connectivity index (χ1v) is 6.18. The monoisotopic (exact) mass is 251 g/mol. The lowest BCUT2D eigenvalue weighted by Crippen LogP contribution is -2.27. The summed E-state index contributed by atoms with van der Waals surface area (Å²) in [5.74, 6) is -0.352. The van der Waals surface area contributed by atoms with Gasteiger partial charge in [-0.05, 0) is 6.07 Å². The Bertz CT molecular complexity index is 522. The maximum Gasteiger partial charge on any atom is 0.142 e. The molecule has 0 radical (unpaired) electrons. The molecule has 2 aromatic heterocycles. The van der Waals surface area contributed by atoms with Gasteiger partial charge in [0.05, 0.1) is 11.9 Å². The van der Waals surface area contributed by atoms with Crippen LogP contribution in [-0.2, 0) is 5.41 Å². The molecule has 0 aliphatic rings. The second-order valence-electron chi connectivity index (χ2n) is 4.52. The Morgan fingerprint density at radius 2 is 2.18 bits per heavy atom. The summed E-state index contributed by atoms with van der Waals surface area (Å²) >= 11 is 1.54. The number of hydrogen-bond acceptors (Lipinski definition) is 4. The van der Waals surface area contributed by atoms with E-state index in [0.29, 0.717) is 12.1 Å². The van der Waals surface area contributed by atoms with Crippen molar-refractivity contribution >= 4 is 11.3 Å². The van der Waals surface area contributed by atoms with Crippen molar-refractivity contribution in [3.8, 4) is 11.3 Å². The Hall–Kier alpha value is -1.33. The number of rotatable bonds is 3. The van der Waals surface area contributed by atoms with Crippen LogP contribution >= 0.6 is 11.3 Å². The van der Waals surface area contributed by atoms with E-state index in [1.807, 2.05) is 19.2 Å². The predicted octanol–water partition coefficient (Wildman–Crippen LogP) is 2.58. The molecule has 0 unspecified atom stereocenters. The van der Waals surface area contributed by atoms with Crippen LogP contribution in [0.2, 0.25) is 0 Å². The van der Waals surface area contributed by atoms with Gasteiger partial charge in [0.15, 0.2) is 0 Å². The van der Waals surface area contributed by atoms with Crippen LogP contribution < -0.4 is 5.73 Å². The zero-order chi connectivity index (χ0) is 12.5. The predicted molar refractivity (Wildman–Crippen MR) is 67.4 cm³/mol. The largest absolute Gasteiger partial charge is 0.330 e. The van der Waals surface area contributed by atoms with Crippen molar-refractivity contribution in [2.24, 2.45) is 5.73 Å². The summed E-state index contributed by atoms with van der Waals surface area (Å²) in [6.45, 7) is 4.61. The minimum absolute atomic E-state index is 0.149. The zero-order valence-corrected chi connectivity index (χ0v) is 10.6. The molecule has 5 heteroatoms. The third-order valence-electron chi connectivity index (χ3n) is 2.59. The van der Waals surface area contributed by atoms with Crippen molar-refractivity contribution in [2.75, 3.05) is 6.54 Å². The highest BCUT2D eigenvalue weighted by Crippen LogP contribution is 2.29. The lowest BCUT2D eigenvalue weighted by molar-refractivity contribution is 0.536. The molecular weight excluding hydrogens is 237 g/mol. The number of hydrogen-bond donors (Lipinski definition) is 1. The Balaban J connectivity index is 2.36. The molecule has 0 saturated carbocycles. The Morgan fingerprint density at radius 1 is 1.41 bits per heavy atom. The minimum Gasteiger partial charge on any atom is -0.330 e. The first kappa shape index (κ1) is 12.1. The van der Waals surface area contributed by atoms with Gasteiger partial charge in [-0.2, -0.15) is 0 Å². The summed E-state index contributed by atoms with van der Waals surface area (Å²) in [6, 6.07) is 1.43. The van der Waals surface area contributed by atoms with Gasteiger partial charge in [-0.3, -0.25) is 4.98 Å². The summed E-state index contributed by atoms with van der Waals surface area (Å²) in [7, 11) is 0. The SMILES string of the molecule is CC(C)(CN)c1nc(-c2cncc(F)c2)cs1. The third-order valence-corrected chi connectivity index (χ3v) is 3.80. The van der Waals surface area contributed by atoms with Crippen LogP contribution in [0.15, 0.2) is 23.8 Å². The van der Waals surface area contributed by atoms with Gasteiger partial charge in [0.2, 0.25) is 0 Å². The molecule has 0 bridgehead atoms. The van der Waals surface area contributed by atoms with Crippen LogP contribution in [0, 0.1) is 5.82 Å². The standard InChI is InChI=1S/C12H14FN3S/c1-12(2,7-14)11-16-10(6-17-11)8-3-9(13)5-15-4-8/h3-6H,7,14H2,1-2H3. The average Bonchev–Trinajstić information content (AvgIpc) is 2.79. The van der Waals surface area contributed by atoms with Crippen LogP contribution in [-0.4, -0.2) is 16.5 Å². The summed E-state index contributed by atoms with van der Waals surface area (Å²) in [4.78, 5) is 8.31. The molecule has 0 amide bonds. The first-order chi connectivity index (χ1) is 8.03. The second kappa shape index (κ2) is 4.50. The third kappa shape index (κ3) is 2.50. The topological polar surface area (TPSA) is 51.8 Å². The van der Waals surface area contributed by atoms with Gasteiger partial charge < -0.3 is 5.73 Å². The summed E-state index contributed by atoms with van der Waals surface area (Å²) in [5, 5.41) is 2.86. The quantitative estimate of drug-likeness (QED) is 0.912. The van der Waals surface area contributed by atoms with E-state index in [2.05, 4.69) is 9.97 Å². The average molecular weight is 251 g/mol. The molecule has 17 heavy (non-hydrogen) atoms. The number of thiazole rings is 1. The lowest BCUT2D eigenvalue weighted by atomic mass is 9.95. The van der Waals surface area contributed by atoms with E-state index in [1.54, 1.807) is 17.5 Å². The van der Waals surface area contributed by atoms with Gasteiger partial charge in [-0.25, -0.2) is 9.37 Å². The Morgan fingerprint density at radius 3 is 2.82 bits per heavy atom. The highest BCUT2D eigenvalue weighted by atomic mass is 32.1. The van der Waals surface area contributed by atoms with E-state index in [4.69, 9.17) is 5.73 Å². The fraction of sp³-hybridized carbons (Fsp3) is 0.333. The maximum absolute atomic E-state index is 13.1. The molecule has 0 atom stereocenters. The molecule has 0 aliphatic carbocycles. The number of nitrogens with zero attached hydrogens (tertiary/aromatic N) is 2. The van der Waals surface area contributed by atoms with E-state index >= 15 is 0 Å². The summed E-state index contributed by atoms with van der Waals surface area (Å²) in [5.41, 5.74) is 7.00. The number of nitrogens with two attached hydrogens (primary N) is 1. The van der Waals surface area contributed by atoms with E-state index in [0.717, 1.165) is 10.7 Å². The smallest absolute Gasteiger partial charge is 0.142 e. The van der Waals surface area contributed by atoms with E-state index in [-0.39, 0.29) is 11.2 Å². The van der Waals surface area contributed by atoms with Crippen molar-refractivity contribution in [2.45, 2.75) is 19.3 Å². The molecule has 0 saturated heterocycles. The maximum atomic E-state index is 13.1. The van der Waals surface area contributed by atoms with Crippen molar-refractivity contribution in [1.82, 2.24) is 9.97 Å². The number of aromatic nitrogens is 2. The molecule has 2 heterocycles. The fourth-order valence-corrected chi connectivity index (χ4v) is 2.32. The second-order valence-corrected chi connectivity index (χ2v) is 5.38. The van der Waals surface area contributed by atoms with Crippen molar-refractivity contribution in [1.29, 1.82) is 0 Å². The highest BCUT2D eigenvalue weighted by Gasteiger charge is 2.22.